The summed E-state index contributed by atoms with van der Waals surface area (Å²) in [7, 11) is 0. The maximum atomic E-state index is 14.0. The number of halogens is 2. The highest BCUT2D eigenvalue weighted by molar-refractivity contribution is 6.31. The van der Waals surface area contributed by atoms with E-state index < -0.39 is 0 Å². The largest absolute Gasteiger partial charge is 0.363 e. The molecule has 2 rings (SSSR count). The summed E-state index contributed by atoms with van der Waals surface area (Å²) in [5, 5.41) is 3.55. The lowest BCUT2D eigenvalue weighted by Crippen LogP contribution is -2.54. The third-order valence-electron chi connectivity index (χ3n) is 3.29. The molecule has 17 heavy (non-hydrogen) atoms. The van der Waals surface area contributed by atoms with Gasteiger partial charge in [-0.05, 0) is 18.1 Å². The Bertz CT molecular complexity index is 395. The Morgan fingerprint density at radius 3 is 2.94 bits per heavy atom. The van der Waals surface area contributed by atoms with E-state index in [4.69, 9.17) is 11.6 Å². The molecule has 2 nitrogen and oxygen atoms in total. The van der Waals surface area contributed by atoms with E-state index in [1.54, 1.807) is 12.1 Å². The van der Waals surface area contributed by atoms with E-state index in [0.717, 1.165) is 19.6 Å². The van der Waals surface area contributed by atoms with Crippen LogP contribution in [0.2, 0.25) is 5.02 Å². The van der Waals surface area contributed by atoms with Gasteiger partial charge in [0.1, 0.15) is 0 Å². The lowest BCUT2D eigenvalue weighted by Gasteiger charge is -2.40. The molecule has 1 aliphatic heterocycles. The lowest BCUT2D eigenvalue weighted by atomic mass is 9.99. The number of hydrogen-bond donors (Lipinski definition) is 1. The first-order chi connectivity index (χ1) is 8.11. The van der Waals surface area contributed by atoms with E-state index in [-0.39, 0.29) is 10.8 Å². The van der Waals surface area contributed by atoms with Crippen molar-refractivity contribution in [2.75, 3.05) is 24.5 Å². The Morgan fingerprint density at radius 2 is 2.24 bits per heavy atom. The standard InChI is InChI=1S/C13H18ClFN2/c1-9(2)12-8-16-6-7-17(12)11-5-3-4-10(14)13(11)15/h3-5,9,12,16H,6-8H2,1-2H3. The molecule has 0 aliphatic carbocycles. The molecule has 1 unspecified atom stereocenters. The average Bonchev–Trinajstić information content (AvgIpc) is 2.33. The van der Waals surface area contributed by atoms with Crippen molar-refractivity contribution in [3.8, 4) is 0 Å². The van der Waals surface area contributed by atoms with Gasteiger partial charge in [-0.15, -0.1) is 0 Å². The van der Waals surface area contributed by atoms with Gasteiger partial charge in [0.05, 0.1) is 10.7 Å². The van der Waals surface area contributed by atoms with Crippen LogP contribution in [0.3, 0.4) is 0 Å². The molecule has 1 aliphatic rings. The Balaban J connectivity index is 2.33. The monoisotopic (exact) mass is 256 g/mol. The van der Waals surface area contributed by atoms with Gasteiger partial charge >= 0.3 is 0 Å². The summed E-state index contributed by atoms with van der Waals surface area (Å²) in [6.07, 6.45) is 0. The molecule has 0 aromatic heterocycles. The highest BCUT2D eigenvalue weighted by Gasteiger charge is 2.27. The van der Waals surface area contributed by atoms with Gasteiger partial charge in [-0.1, -0.05) is 31.5 Å². The van der Waals surface area contributed by atoms with Crippen molar-refractivity contribution in [2.24, 2.45) is 5.92 Å². The van der Waals surface area contributed by atoms with Crippen molar-refractivity contribution in [2.45, 2.75) is 19.9 Å². The van der Waals surface area contributed by atoms with E-state index in [0.29, 0.717) is 17.6 Å². The fourth-order valence-electron chi connectivity index (χ4n) is 2.33. The molecule has 1 aromatic carbocycles. The number of benzene rings is 1. The van der Waals surface area contributed by atoms with Crippen molar-refractivity contribution in [1.82, 2.24) is 5.32 Å². The Kier molecular flexibility index (Phi) is 3.89. The zero-order valence-electron chi connectivity index (χ0n) is 10.2. The predicted molar refractivity (Wildman–Crippen MR) is 70.3 cm³/mol. The van der Waals surface area contributed by atoms with Gasteiger partial charge in [-0.3, -0.25) is 0 Å². The zero-order chi connectivity index (χ0) is 12.4. The van der Waals surface area contributed by atoms with Crippen molar-refractivity contribution >= 4 is 17.3 Å². The van der Waals surface area contributed by atoms with Crippen LogP contribution in [0.15, 0.2) is 18.2 Å². The fraction of sp³-hybridized carbons (Fsp3) is 0.538. The summed E-state index contributed by atoms with van der Waals surface area (Å²) in [6.45, 7) is 6.92. The first-order valence-electron chi connectivity index (χ1n) is 6.02. The molecule has 94 valence electrons. The molecule has 1 atom stereocenters. The lowest BCUT2D eigenvalue weighted by molar-refractivity contribution is 0.386. The van der Waals surface area contributed by atoms with E-state index in [1.807, 2.05) is 6.07 Å². The van der Waals surface area contributed by atoms with Crippen LogP contribution in [-0.4, -0.2) is 25.7 Å². The molecule has 0 spiro atoms. The highest BCUT2D eigenvalue weighted by Crippen LogP contribution is 2.29. The number of anilines is 1. The molecule has 1 saturated heterocycles. The molecule has 1 aromatic rings. The van der Waals surface area contributed by atoms with Crippen LogP contribution in [-0.2, 0) is 0 Å². The minimum Gasteiger partial charge on any atom is -0.363 e. The smallest absolute Gasteiger partial charge is 0.165 e. The second-order valence-electron chi connectivity index (χ2n) is 4.78. The number of nitrogens with one attached hydrogen (secondary N) is 1. The maximum absolute atomic E-state index is 14.0. The molecular weight excluding hydrogens is 239 g/mol. The van der Waals surface area contributed by atoms with E-state index in [2.05, 4.69) is 24.1 Å². The minimum absolute atomic E-state index is 0.198. The fourth-order valence-corrected chi connectivity index (χ4v) is 2.50. The third kappa shape index (κ3) is 2.55. The SMILES string of the molecule is CC(C)C1CNCCN1c1cccc(Cl)c1F. The van der Waals surface area contributed by atoms with E-state index in [9.17, 15) is 4.39 Å². The molecule has 1 heterocycles. The van der Waals surface area contributed by atoms with Gasteiger partial charge in [0.15, 0.2) is 5.82 Å². The number of piperazine rings is 1. The molecule has 1 fully saturated rings. The first kappa shape index (κ1) is 12.7. The van der Waals surface area contributed by atoms with E-state index >= 15 is 0 Å². The molecule has 4 heteroatoms. The number of rotatable bonds is 2. The molecule has 0 radical (unpaired) electrons. The topological polar surface area (TPSA) is 15.3 Å². The number of hydrogen-bond acceptors (Lipinski definition) is 2. The van der Waals surface area contributed by atoms with Crippen molar-refractivity contribution in [3.63, 3.8) is 0 Å². The van der Waals surface area contributed by atoms with E-state index in [1.165, 1.54) is 0 Å². The van der Waals surface area contributed by atoms with Crippen molar-refractivity contribution in [1.29, 1.82) is 0 Å². The normalized spacial score (nSPS) is 21.0. The van der Waals surface area contributed by atoms with Crippen LogP contribution in [0.1, 0.15) is 13.8 Å². The molecule has 0 bridgehead atoms. The minimum atomic E-state index is -0.304. The van der Waals surface area contributed by atoms with Crippen LogP contribution >= 0.6 is 11.6 Å². The summed E-state index contributed by atoms with van der Waals surface area (Å²) in [5.74, 6) is 0.169. The molecule has 0 amide bonds. The molecule has 0 saturated carbocycles. The Hall–Kier alpha value is -0.800. The average molecular weight is 257 g/mol. The summed E-state index contributed by atoms with van der Waals surface area (Å²) in [6, 6.07) is 5.52. The van der Waals surface area contributed by atoms with Gasteiger partial charge in [0.2, 0.25) is 0 Å². The Labute approximate surface area is 107 Å². The zero-order valence-corrected chi connectivity index (χ0v) is 11.0. The first-order valence-corrected chi connectivity index (χ1v) is 6.40. The molecular formula is C13H18ClFN2. The quantitative estimate of drug-likeness (QED) is 0.875. The van der Waals surface area contributed by atoms with Gasteiger partial charge < -0.3 is 10.2 Å². The van der Waals surface area contributed by atoms with Crippen LogP contribution in [0.25, 0.3) is 0 Å². The summed E-state index contributed by atoms with van der Waals surface area (Å²) >= 11 is 5.84. The van der Waals surface area contributed by atoms with Gasteiger partial charge in [0.25, 0.3) is 0 Å². The van der Waals surface area contributed by atoms with Crippen molar-refractivity contribution < 1.29 is 4.39 Å². The summed E-state index contributed by atoms with van der Waals surface area (Å²) in [4.78, 5) is 2.13. The summed E-state index contributed by atoms with van der Waals surface area (Å²) < 4.78 is 14.0. The van der Waals surface area contributed by atoms with Crippen LogP contribution in [0.4, 0.5) is 10.1 Å². The highest BCUT2D eigenvalue weighted by atomic mass is 35.5. The van der Waals surface area contributed by atoms with Gasteiger partial charge in [-0.25, -0.2) is 4.39 Å². The van der Waals surface area contributed by atoms with Gasteiger partial charge in [-0.2, -0.15) is 0 Å². The van der Waals surface area contributed by atoms with Crippen molar-refractivity contribution in [3.05, 3.63) is 29.0 Å². The second-order valence-corrected chi connectivity index (χ2v) is 5.19. The predicted octanol–water partition coefficient (Wildman–Crippen LogP) is 2.91. The van der Waals surface area contributed by atoms with Crippen LogP contribution in [0, 0.1) is 11.7 Å². The number of nitrogens with zero attached hydrogens (tertiary/aromatic N) is 1. The Morgan fingerprint density at radius 1 is 1.47 bits per heavy atom. The van der Waals surface area contributed by atoms with Gasteiger partial charge in [0, 0.05) is 25.7 Å². The van der Waals surface area contributed by atoms with Crippen LogP contribution in [0.5, 0.6) is 0 Å². The second kappa shape index (κ2) is 5.23. The summed E-state index contributed by atoms with van der Waals surface area (Å²) in [5.41, 5.74) is 0.623. The van der Waals surface area contributed by atoms with Crippen LogP contribution < -0.4 is 10.2 Å². The molecule has 1 N–H and O–H groups in total. The third-order valence-corrected chi connectivity index (χ3v) is 3.59. The maximum Gasteiger partial charge on any atom is 0.165 e.